The van der Waals surface area contributed by atoms with Crippen molar-refractivity contribution < 1.29 is 4.74 Å². The third-order valence-electron chi connectivity index (χ3n) is 2.36. The number of rotatable bonds is 3. The number of allylic oxidation sites excluding steroid dienone is 1. The number of ether oxygens (including phenoxy) is 1. The maximum atomic E-state index is 5.67. The lowest BCUT2D eigenvalue weighted by atomic mass is 10.1. The Kier molecular flexibility index (Phi) is 3.28. The molecule has 17 heavy (non-hydrogen) atoms. The standard InChI is InChI=1S/C16H12O/c1-3-13(2)14-9-11-16(12-10-14)17-15-7-5-4-6-8-15/h1,4-12H,2H2. The fourth-order valence-corrected chi connectivity index (χ4v) is 1.43. The van der Waals surface area contributed by atoms with Gasteiger partial charge in [-0.25, -0.2) is 0 Å². The number of benzene rings is 2. The van der Waals surface area contributed by atoms with Gasteiger partial charge in [-0.05, 0) is 29.8 Å². The van der Waals surface area contributed by atoms with Crippen LogP contribution in [0.2, 0.25) is 0 Å². The first-order chi connectivity index (χ1) is 8.29. The second-order valence-corrected chi connectivity index (χ2v) is 3.56. The molecule has 0 radical (unpaired) electrons. The molecular formula is C16H12O. The average molecular weight is 220 g/mol. The predicted octanol–water partition coefficient (Wildman–Crippen LogP) is 4.13. The largest absolute Gasteiger partial charge is 0.457 e. The molecule has 2 rings (SSSR count). The van der Waals surface area contributed by atoms with Crippen molar-refractivity contribution >= 4 is 5.57 Å². The molecule has 2 aromatic carbocycles. The third kappa shape index (κ3) is 2.76. The normalized spacial score (nSPS) is 9.35. The number of hydrogen-bond donors (Lipinski definition) is 0. The quantitative estimate of drug-likeness (QED) is 0.707. The van der Waals surface area contributed by atoms with E-state index in [-0.39, 0.29) is 0 Å². The van der Waals surface area contributed by atoms with E-state index in [1.807, 2.05) is 54.6 Å². The van der Waals surface area contributed by atoms with Gasteiger partial charge >= 0.3 is 0 Å². The van der Waals surface area contributed by atoms with Gasteiger partial charge in [-0.15, -0.1) is 6.42 Å². The summed E-state index contributed by atoms with van der Waals surface area (Å²) in [5, 5.41) is 0. The molecule has 0 aromatic heterocycles. The molecule has 0 atom stereocenters. The Labute approximate surface area is 101 Å². The molecular weight excluding hydrogens is 208 g/mol. The Morgan fingerprint density at radius 2 is 1.53 bits per heavy atom. The summed E-state index contributed by atoms with van der Waals surface area (Å²) in [5.41, 5.74) is 1.61. The average Bonchev–Trinajstić information content (AvgIpc) is 2.40. The molecule has 0 unspecified atom stereocenters. The summed E-state index contributed by atoms with van der Waals surface area (Å²) in [6.07, 6.45) is 5.28. The number of hydrogen-bond acceptors (Lipinski definition) is 1. The Morgan fingerprint density at radius 3 is 2.12 bits per heavy atom. The van der Waals surface area contributed by atoms with Crippen LogP contribution in [0.25, 0.3) is 5.57 Å². The Balaban J connectivity index is 2.15. The van der Waals surface area contributed by atoms with Crippen LogP contribution in [0.15, 0.2) is 61.2 Å². The first-order valence-electron chi connectivity index (χ1n) is 5.28. The highest BCUT2D eigenvalue weighted by Crippen LogP contribution is 2.22. The van der Waals surface area contributed by atoms with Gasteiger partial charge in [0.1, 0.15) is 11.5 Å². The van der Waals surface area contributed by atoms with Gasteiger partial charge < -0.3 is 4.74 Å². The van der Waals surface area contributed by atoms with E-state index in [1.165, 1.54) is 0 Å². The second kappa shape index (κ2) is 5.05. The van der Waals surface area contributed by atoms with E-state index in [0.717, 1.165) is 17.1 Å². The molecule has 1 nitrogen and oxygen atoms in total. The molecule has 0 bridgehead atoms. The van der Waals surface area contributed by atoms with Crippen molar-refractivity contribution in [1.82, 2.24) is 0 Å². The van der Waals surface area contributed by atoms with Crippen LogP contribution in [0.3, 0.4) is 0 Å². The Morgan fingerprint density at radius 1 is 0.941 bits per heavy atom. The van der Waals surface area contributed by atoms with E-state index in [1.54, 1.807) is 0 Å². The SMILES string of the molecule is C#CC(=C)c1ccc(Oc2ccccc2)cc1. The van der Waals surface area contributed by atoms with Crippen LogP contribution in [0, 0.1) is 12.3 Å². The molecule has 0 spiro atoms. The zero-order valence-electron chi connectivity index (χ0n) is 9.39. The van der Waals surface area contributed by atoms with Gasteiger partial charge in [-0.1, -0.05) is 42.8 Å². The van der Waals surface area contributed by atoms with Crippen molar-refractivity contribution in [3.8, 4) is 23.8 Å². The van der Waals surface area contributed by atoms with Crippen LogP contribution >= 0.6 is 0 Å². The predicted molar refractivity (Wildman–Crippen MR) is 70.8 cm³/mol. The number of terminal acetylenes is 1. The molecule has 1 heteroatoms. The zero-order valence-corrected chi connectivity index (χ0v) is 9.39. The summed E-state index contributed by atoms with van der Waals surface area (Å²) in [5.74, 6) is 4.11. The van der Waals surface area contributed by atoms with E-state index in [4.69, 9.17) is 11.2 Å². The first kappa shape index (κ1) is 11.0. The zero-order chi connectivity index (χ0) is 12.1. The fourth-order valence-electron chi connectivity index (χ4n) is 1.43. The van der Waals surface area contributed by atoms with Crippen molar-refractivity contribution in [3.05, 3.63) is 66.7 Å². The summed E-state index contributed by atoms with van der Waals surface area (Å²) in [6, 6.07) is 17.2. The molecule has 0 saturated carbocycles. The summed E-state index contributed by atoms with van der Waals surface area (Å²) in [6.45, 7) is 3.78. The Hall–Kier alpha value is -2.46. The highest BCUT2D eigenvalue weighted by molar-refractivity contribution is 5.76. The minimum Gasteiger partial charge on any atom is -0.457 e. The first-order valence-corrected chi connectivity index (χ1v) is 5.28. The summed E-state index contributed by atoms with van der Waals surface area (Å²) in [7, 11) is 0. The van der Waals surface area contributed by atoms with Crippen molar-refractivity contribution in [3.63, 3.8) is 0 Å². The maximum Gasteiger partial charge on any atom is 0.127 e. The molecule has 2 aromatic rings. The van der Waals surface area contributed by atoms with Crippen molar-refractivity contribution in [2.24, 2.45) is 0 Å². The van der Waals surface area contributed by atoms with Gasteiger partial charge in [-0.3, -0.25) is 0 Å². The summed E-state index contributed by atoms with van der Waals surface area (Å²) >= 11 is 0. The van der Waals surface area contributed by atoms with E-state index < -0.39 is 0 Å². The maximum absolute atomic E-state index is 5.67. The topological polar surface area (TPSA) is 9.23 Å². The van der Waals surface area contributed by atoms with E-state index in [0.29, 0.717) is 5.57 Å². The summed E-state index contributed by atoms with van der Waals surface area (Å²) < 4.78 is 5.67. The molecule has 0 fully saturated rings. The molecule has 0 aliphatic carbocycles. The van der Waals surface area contributed by atoms with Gasteiger partial charge in [0.25, 0.3) is 0 Å². The van der Waals surface area contributed by atoms with Crippen molar-refractivity contribution in [2.45, 2.75) is 0 Å². The molecule has 0 amide bonds. The Bertz CT molecular complexity index is 544. The fraction of sp³-hybridized carbons (Fsp3) is 0. The molecule has 0 aliphatic heterocycles. The molecule has 0 N–H and O–H groups in total. The molecule has 82 valence electrons. The van der Waals surface area contributed by atoms with E-state index >= 15 is 0 Å². The molecule has 0 heterocycles. The molecule has 0 saturated heterocycles. The lowest BCUT2D eigenvalue weighted by molar-refractivity contribution is 0.482. The summed E-state index contributed by atoms with van der Waals surface area (Å²) in [4.78, 5) is 0. The highest BCUT2D eigenvalue weighted by Gasteiger charge is 1.98. The highest BCUT2D eigenvalue weighted by atomic mass is 16.5. The van der Waals surface area contributed by atoms with Gasteiger partial charge in [-0.2, -0.15) is 0 Å². The monoisotopic (exact) mass is 220 g/mol. The minimum atomic E-state index is 0.677. The van der Waals surface area contributed by atoms with E-state index in [2.05, 4.69) is 12.5 Å². The van der Waals surface area contributed by atoms with Crippen LogP contribution in [0.5, 0.6) is 11.5 Å². The van der Waals surface area contributed by atoms with Gasteiger partial charge in [0.05, 0.1) is 0 Å². The van der Waals surface area contributed by atoms with Gasteiger partial charge in [0.2, 0.25) is 0 Å². The van der Waals surface area contributed by atoms with Crippen molar-refractivity contribution in [2.75, 3.05) is 0 Å². The minimum absolute atomic E-state index is 0.677. The smallest absolute Gasteiger partial charge is 0.127 e. The van der Waals surface area contributed by atoms with E-state index in [9.17, 15) is 0 Å². The van der Waals surface area contributed by atoms with Crippen LogP contribution in [0.1, 0.15) is 5.56 Å². The third-order valence-corrected chi connectivity index (χ3v) is 2.36. The lowest BCUT2D eigenvalue weighted by Crippen LogP contribution is -1.84. The van der Waals surface area contributed by atoms with Crippen LogP contribution < -0.4 is 4.74 Å². The van der Waals surface area contributed by atoms with Gasteiger partial charge in [0, 0.05) is 5.57 Å². The van der Waals surface area contributed by atoms with Crippen LogP contribution in [-0.2, 0) is 0 Å². The van der Waals surface area contributed by atoms with Crippen LogP contribution in [-0.4, -0.2) is 0 Å². The van der Waals surface area contributed by atoms with Gasteiger partial charge in [0.15, 0.2) is 0 Å². The second-order valence-electron chi connectivity index (χ2n) is 3.56. The van der Waals surface area contributed by atoms with Crippen molar-refractivity contribution in [1.29, 1.82) is 0 Å². The number of para-hydroxylation sites is 1. The lowest BCUT2D eigenvalue weighted by Gasteiger charge is -2.06. The molecule has 0 aliphatic rings. The van der Waals surface area contributed by atoms with Crippen LogP contribution in [0.4, 0.5) is 0 Å².